The molecule has 3 aliphatic rings. The summed E-state index contributed by atoms with van der Waals surface area (Å²) >= 11 is 0. The number of hydrogen-bond acceptors (Lipinski definition) is 5. The Morgan fingerprint density at radius 1 is 1.22 bits per heavy atom. The minimum atomic E-state index is -0.508. The maximum Gasteiger partial charge on any atom is 0.407 e. The quantitative estimate of drug-likeness (QED) is 0.655. The number of carbonyl (C=O) groups is 2. The van der Waals surface area contributed by atoms with E-state index in [4.69, 9.17) is 9.72 Å². The highest BCUT2D eigenvalue weighted by Gasteiger charge is 2.42. The molecule has 0 radical (unpaired) electrons. The second-order valence-corrected chi connectivity index (χ2v) is 10.4. The number of methoxy groups -OCH3 is 1. The smallest absolute Gasteiger partial charge is 0.407 e. The van der Waals surface area contributed by atoms with Gasteiger partial charge in [0.1, 0.15) is 11.6 Å². The van der Waals surface area contributed by atoms with Gasteiger partial charge in [-0.25, -0.2) is 14.2 Å². The monoisotopic (exact) mass is 497 g/mol. The fourth-order valence-electron chi connectivity index (χ4n) is 6.62. The van der Waals surface area contributed by atoms with Gasteiger partial charge >= 0.3 is 6.09 Å². The highest BCUT2D eigenvalue weighted by atomic mass is 19.1. The summed E-state index contributed by atoms with van der Waals surface area (Å²) in [5.74, 6) is 0.860. The number of ether oxygens (including phenoxy) is 1. The number of carbonyl (C=O) groups excluding carboxylic acids is 2. The Kier molecular flexibility index (Phi) is 7.01. The van der Waals surface area contributed by atoms with Gasteiger partial charge in [0.15, 0.2) is 0 Å². The van der Waals surface area contributed by atoms with Gasteiger partial charge in [0.2, 0.25) is 5.91 Å². The molecule has 3 atom stereocenters. The molecule has 4 heterocycles. The van der Waals surface area contributed by atoms with Crippen molar-refractivity contribution in [2.75, 3.05) is 20.2 Å². The van der Waals surface area contributed by atoms with E-state index in [9.17, 15) is 14.0 Å². The van der Waals surface area contributed by atoms with E-state index in [1.54, 1.807) is 13.0 Å². The van der Waals surface area contributed by atoms with Crippen molar-refractivity contribution in [1.82, 2.24) is 24.7 Å². The maximum atomic E-state index is 13.9. The topological polar surface area (TPSA) is 79.7 Å². The first-order chi connectivity index (χ1) is 17.3. The molecule has 2 fully saturated rings. The predicted octanol–water partition coefficient (Wildman–Crippen LogP) is 3.89. The van der Waals surface area contributed by atoms with Crippen LogP contribution in [0.15, 0.2) is 24.3 Å². The van der Waals surface area contributed by atoms with E-state index in [0.29, 0.717) is 31.1 Å². The van der Waals surface area contributed by atoms with Crippen LogP contribution in [-0.2, 0) is 22.5 Å². The van der Waals surface area contributed by atoms with Gasteiger partial charge in [-0.15, -0.1) is 0 Å². The molecule has 1 aromatic carbocycles. The van der Waals surface area contributed by atoms with Crippen molar-refractivity contribution in [3.8, 4) is 0 Å². The summed E-state index contributed by atoms with van der Waals surface area (Å²) in [6.45, 7) is 5.95. The van der Waals surface area contributed by atoms with Crippen LogP contribution in [0.25, 0.3) is 0 Å². The van der Waals surface area contributed by atoms with Crippen LogP contribution in [0.5, 0.6) is 0 Å². The first-order valence-electron chi connectivity index (χ1n) is 13.0. The highest BCUT2D eigenvalue weighted by Crippen LogP contribution is 2.43. The number of amides is 2. The number of nitrogens with one attached hydrogen (secondary N) is 1. The number of nitrogens with zero attached hydrogens (tertiary/aromatic N) is 4. The van der Waals surface area contributed by atoms with Crippen LogP contribution in [0.1, 0.15) is 73.9 Å². The number of halogens is 1. The minimum absolute atomic E-state index is 0.120. The van der Waals surface area contributed by atoms with E-state index < -0.39 is 6.09 Å². The average molecular weight is 498 g/mol. The van der Waals surface area contributed by atoms with Gasteiger partial charge in [0, 0.05) is 44.6 Å². The number of aryl methyl sites for hydroxylation is 1. The second kappa shape index (κ2) is 10.2. The standard InChI is InChI=1S/C27H36FN5O3/c1-17-29-25-9-11-31(18(2)34)16-26(25)33(17)23-14-21-7-8-22(15-23)32(21)12-10-24(30-27(35)36-3)19-5-4-6-20(28)13-19/h4-6,13,21-24H,7-12,14-16H2,1-3H3,(H,30,35)/t21?,22?,23?,24-/m0/s1. The van der Waals surface area contributed by atoms with Crippen LogP contribution in [0, 0.1) is 12.7 Å². The van der Waals surface area contributed by atoms with Crippen LogP contribution in [0.3, 0.4) is 0 Å². The molecule has 0 spiro atoms. The number of alkyl carbamates (subject to hydrolysis) is 1. The zero-order valence-electron chi connectivity index (χ0n) is 21.4. The third-order valence-electron chi connectivity index (χ3n) is 8.30. The molecular weight excluding hydrogens is 461 g/mol. The van der Waals surface area contributed by atoms with E-state index in [1.165, 1.54) is 24.9 Å². The molecule has 1 N–H and O–H groups in total. The highest BCUT2D eigenvalue weighted by molar-refractivity contribution is 5.73. The zero-order valence-corrected chi connectivity index (χ0v) is 21.4. The Morgan fingerprint density at radius 2 is 1.97 bits per heavy atom. The first kappa shape index (κ1) is 24.7. The van der Waals surface area contributed by atoms with Gasteiger partial charge < -0.3 is 19.5 Å². The summed E-state index contributed by atoms with van der Waals surface area (Å²) in [5, 5.41) is 2.89. The number of rotatable bonds is 6. The summed E-state index contributed by atoms with van der Waals surface area (Å²) in [5.41, 5.74) is 3.10. The number of aromatic nitrogens is 2. The van der Waals surface area contributed by atoms with Crippen molar-refractivity contribution < 1.29 is 18.7 Å². The Labute approximate surface area is 211 Å². The third kappa shape index (κ3) is 4.85. The maximum absolute atomic E-state index is 13.9. The molecule has 0 aliphatic carbocycles. The van der Waals surface area contributed by atoms with E-state index in [1.807, 2.05) is 11.0 Å². The number of fused-ring (bicyclic) bond motifs is 3. The van der Waals surface area contributed by atoms with E-state index >= 15 is 0 Å². The fourth-order valence-corrected chi connectivity index (χ4v) is 6.62. The van der Waals surface area contributed by atoms with Crippen molar-refractivity contribution in [3.05, 3.63) is 52.9 Å². The van der Waals surface area contributed by atoms with Gasteiger partial charge in [0.25, 0.3) is 0 Å². The molecule has 2 unspecified atom stereocenters. The van der Waals surface area contributed by atoms with Crippen molar-refractivity contribution in [2.45, 2.75) is 83.1 Å². The molecule has 36 heavy (non-hydrogen) atoms. The summed E-state index contributed by atoms with van der Waals surface area (Å²) in [7, 11) is 1.34. The second-order valence-electron chi connectivity index (χ2n) is 10.4. The average Bonchev–Trinajstić information content (AvgIpc) is 3.31. The van der Waals surface area contributed by atoms with Gasteiger partial charge in [0.05, 0.1) is 31.1 Å². The lowest BCUT2D eigenvalue weighted by Gasteiger charge is -2.41. The van der Waals surface area contributed by atoms with E-state index in [-0.39, 0.29) is 17.8 Å². The molecule has 194 valence electrons. The lowest BCUT2D eigenvalue weighted by molar-refractivity contribution is -0.129. The lowest BCUT2D eigenvalue weighted by Crippen LogP contribution is -2.45. The van der Waals surface area contributed by atoms with Crippen LogP contribution in [0.2, 0.25) is 0 Å². The number of benzene rings is 1. The molecule has 1 aromatic heterocycles. The molecule has 2 saturated heterocycles. The summed E-state index contributed by atoms with van der Waals surface area (Å²) in [6.07, 6.45) is 5.42. The van der Waals surface area contributed by atoms with Gasteiger partial charge in [-0.05, 0) is 56.7 Å². The van der Waals surface area contributed by atoms with E-state index in [0.717, 1.165) is 62.3 Å². The van der Waals surface area contributed by atoms with Crippen LogP contribution >= 0.6 is 0 Å². The van der Waals surface area contributed by atoms with Gasteiger partial charge in [-0.2, -0.15) is 0 Å². The predicted molar refractivity (Wildman–Crippen MR) is 133 cm³/mol. The molecule has 9 heteroatoms. The Bertz CT molecular complexity index is 1120. The lowest BCUT2D eigenvalue weighted by atomic mass is 9.95. The Balaban J connectivity index is 1.29. The number of hydrogen-bond donors (Lipinski definition) is 1. The zero-order chi connectivity index (χ0) is 25.4. The molecule has 5 rings (SSSR count). The molecule has 2 bridgehead atoms. The summed E-state index contributed by atoms with van der Waals surface area (Å²) < 4.78 is 21.1. The van der Waals surface area contributed by atoms with Crippen molar-refractivity contribution in [2.24, 2.45) is 0 Å². The molecule has 8 nitrogen and oxygen atoms in total. The molecule has 2 amide bonds. The minimum Gasteiger partial charge on any atom is -0.453 e. The SMILES string of the molecule is COC(=O)N[C@@H](CCN1C2CCC1CC(n1c(C)nc3c1CN(C(C)=O)CC3)C2)c1cccc(F)c1. The largest absolute Gasteiger partial charge is 0.453 e. The molecule has 0 saturated carbocycles. The van der Waals surface area contributed by atoms with Crippen LogP contribution in [-0.4, -0.2) is 63.6 Å². The summed E-state index contributed by atoms with van der Waals surface area (Å²) in [6, 6.07) is 7.41. The van der Waals surface area contributed by atoms with Crippen molar-refractivity contribution in [3.63, 3.8) is 0 Å². The summed E-state index contributed by atoms with van der Waals surface area (Å²) in [4.78, 5) is 33.4. The van der Waals surface area contributed by atoms with E-state index in [2.05, 4.69) is 21.7 Å². The Morgan fingerprint density at radius 3 is 2.64 bits per heavy atom. The number of piperidine rings is 1. The first-order valence-corrected chi connectivity index (χ1v) is 13.0. The molecule has 2 aromatic rings. The Hall–Kier alpha value is -2.94. The molecular formula is C27H36FN5O3. The number of imidazole rings is 1. The van der Waals surface area contributed by atoms with Gasteiger partial charge in [-0.3, -0.25) is 9.69 Å². The normalized spacial score (nSPS) is 24.3. The third-order valence-corrected chi connectivity index (χ3v) is 8.30. The van der Waals surface area contributed by atoms with Crippen LogP contribution < -0.4 is 5.32 Å². The van der Waals surface area contributed by atoms with Crippen molar-refractivity contribution >= 4 is 12.0 Å². The fraction of sp³-hybridized carbons (Fsp3) is 0.593. The van der Waals surface area contributed by atoms with Gasteiger partial charge in [-0.1, -0.05) is 12.1 Å². The van der Waals surface area contributed by atoms with Crippen LogP contribution in [0.4, 0.5) is 9.18 Å². The molecule has 3 aliphatic heterocycles. The van der Waals surface area contributed by atoms with Crippen molar-refractivity contribution in [1.29, 1.82) is 0 Å².